The van der Waals surface area contributed by atoms with E-state index in [0.717, 1.165) is 12.3 Å². The van der Waals surface area contributed by atoms with Gasteiger partial charge in [0.15, 0.2) is 0 Å². The zero-order valence-electron chi connectivity index (χ0n) is 7.95. The summed E-state index contributed by atoms with van der Waals surface area (Å²) >= 11 is 1.76. The van der Waals surface area contributed by atoms with Crippen LogP contribution in [0.3, 0.4) is 0 Å². The van der Waals surface area contributed by atoms with Gasteiger partial charge in [-0.2, -0.15) is 11.8 Å². The molecule has 1 aromatic heterocycles. The van der Waals surface area contributed by atoms with E-state index in [4.69, 9.17) is 9.52 Å². The molecule has 0 atom stereocenters. The Morgan fingerprint density at radius 3 is 3.00 bits per heavy atom. The minimum Gasteiger partial charge on any atom is -0.475 e. The Balaban J connectivity index is 2.33. The molecular formula is C9H13NO3S. The molecule has 1 rings (SSSR count). The van der Waals surface area contributed by atoms with Crippen molar-refractivity contribution in [2.45, 2.75) is 6.54 Å². The Bertz CT molecular complexity index is 298. The van der Waals surface area contributed by atoms with Crippen molar-refractivity contribution >= 4 is 17.7 Å². The second-order valence-electron chi connectivity index (χ2n) is 2.74. The monoisotopic (exact) mass is 215 g/mol. The van der Waals surface area contributed by atoms with Crippen LogP contribution in [0.4, 0.5) is 0 Å². The average Bonchev–Trinajstić information content (AvgIpc) is 2.61. The maximum atomic E-state index is 10.5. The molecule has 0 aromatic carbocycles. The molecular weight excluding hydrogens is 202 g/mol. The smallest absolute Gasteiger partial charge is 0.371 e. The third-order valence-corrected chi connectivity index (χ3v) is 2.27. The summed E-state index contributed by atoms with van der Waals surface area (Å²) in [7, 11) is 0. The van der Waals surface area contributed by atoms with Crippen molar-refractivity contribution < 1.29 is 14.3 Å². The summed E-state index contributed by atoms with van der Waals surface area (Å²) in [6, 6.07) is 3.14. The third-order valence-electron chi connectivity index (χ3n) is 1.65. The Labute approximate surface area is 86.7 Å². The highest BCUT2D eigenvalue weighted by molar-refractivity contribution is 7.98. The van der Waals surface area contributed by atoms with Gasteiger partial charge in [0.1, 0.15) is 5.76 Å². The van der Waals surface area contributed by atoms with Crippen LogP contribution in [0.1, 0.15) is 16.3 Å². The van der Waals surface area contributed by atoms with Crippen molar-refractivity contribution in [3.63, 3.8) is 0 Å². The van der Waals surface area contributed by atoms with Gasteiger partial charge in [-0.3, -0.25) is 0 Å². The second kappa shape index (κ2) is 5.72. The molecule has 0 bridgehead atoms. The first kappa shape index (κ1) is 11.1. The summed E-state index contributed by atoms with van der Waals surface area (Å²) in [6.45, 7) is 1.47. The minimum absolute atomic E-state index is 0.00772. The van der Waals surface area contributed by atoms with Crippen molar-refractivity contribution in [3.8, 4) is 0 Å². The molecule has 4 nitrogen and oxygen atoms in total. The van der Waals surface area contributed by atoms with Gasteiger partial charge >= 0.3 is 5.97 Å². The summed E-state index contributed by atoms with van der Waals surface area (Å²) in [5, 5.41) is 11.7. The number of rotatable bonds is 6. The second-order valence-corrected chi connectivity index (χ2v) is 3.73. The van der Waals surface area contributed by atoms with Crippen LogP contribution in [-0.2, 0) is 6.54 Å². The zero-order valence-corrected chi connectivity index (χ0v) is 8.76. The molecule has 5 heteroatoms. The first-order chi connectivity index (χ1) is 6.74. The van der Waals surface area contributed by atoms with Gasteiger partial charge in [0.2, 0.25) is 5.76 Å². The molecule has 78 valence electrons. The molecule has 0 spiro atoms. The van der Waals surface area contributed by atoms with Crippen LogP contribution < -0.4 is 5.32 Å². The SMILES string of the molecule is CSCCNCc1ccc(C(=O)O)o1. The van der Waals surface area contributed by atoms with Gasteiger partial charge in [-0.15, -0.1) is 0 Å². The molecule has 14 heavy (non-hydrogen) atoms. The Kier molecular flexibility index (Phi) is 4.55. The molecule has 0 aliphatic carbocycles. The summed E-state index contributed by atoms with van der Waals surface area (Å²) in [5.41, 5.74) is 0. The van der Waals surface area contributed by atoms with Crippen molar-refractivity contribution in [2.24, 2.45) is 0 Å². The molecule has 1 heterocycles. The lowest BCUT2D eigenvalue weighted by atomic mass is 10.4. The molecule has 0 unspecified atom stereocenters. The number of carbonyl (C=O) groups is 1. The van der Waals surface area contributed by atoms with Crippen LogP contribution in [0.15, 0.2) is 16.5 Å². The number of thioether (sulfide) groups is 1. The largest absolute Gasteiger partial charge is 0.475 e. The summed E-state index contributed by atoms with van der Waals surface area (Å²) in [5.74, 6) is 0.655. The standard InChI is InChI=1S/C9H13NO3S/c1-14-5-4-10-6-7-2-3-8(13-7)9(11)12/h2-3,10H,4-6H2,1H3,(H,11,12). The van der Waals surface area contributed by atoms with Crippen molar-refractivity contribution in [1.29, 1.82) is 0 Å². The molecule has 1 aromatic rings. The lowest BCUT2D eigenvalue weighted by Gasteiger charge is -1.99. The number of furan rings is 1. The molecule has 0 saturated carbocycles. The molecule has 0 fully saturated rings. The highest BCUT2D eigenvalue weighted by Gasteiger charge is 2.07. The fraction of sp³-hybridized carbons (Fsp3) is 0.444. The zero-order chi connectivity index (χ0) is 10.4. The fourth-order valence-corrected chi connectivity index (χ4v) is 1.32. The van der Waals surface area contributed by atoms with E-state index in [-0.39, 0.29) is 5.76 Å². The lowest BCUT2D eigenvalue weighted by Crippen LogP contribution is -2.15. The molecule has 0 aliphatic rings. The lowest BCUT2D eigenvalue weighted by molar-refractivity contribution is 0.0660. The average molecular weight is 215 g/mol. The normalized spacial score (nSPS) is 10.4. The fourth-order valence-electron chi connectivity index (χ4n) is 0.974. The highest BCUT2D eigenvalue weighted by Crippen LogP contribution is 2.07. The van der Waals surface area contributed by atoms with E-state index in [9.17, 15) is 4.79 Å². The predicted octanol–water partition coefficient (Wildman–Crippen LogP) is 1.43. The Hall–Kier alpha value is -0.940. The quantitative estimate of drug-likeness (QED) is 0.703. The molecule has 0 saturated heterocycles. The van der Waals surface area contributed by atoms with Gasteiger partial charge in [-0.1, -0.05) is 0 Å². The number of nitrogens with one attached hydrogen (secondary N) is 1. The van der Waals surface area contributed by atoms with Crippen molar-refractivity contribution in [3.05, 3.63) is 23.7 Å². The minimum atomic E-state index is -1.03. The van der Waals surface area contributed by atoms with Gasteiger partial charge in [0.25, 0.3) is 0 Å². The molecule has 0 radical (unpaired) electrons. The number of hydrogen-bond acceptors (Lipinski definition) is 4. The van der Waals surface area contributed by atoms with Gasteiger partial charge in [-0.05, 0) is 18.4 Å². The van der Waals surface area contributed by atoms with Crippen LogP contribution in [0.5, 0.6) is 0 Å². The first-order valence-electron chi connectivity index (χ1n) is 4.25. The van der Waals surface area contributed by atoms with E-state index < -0.39 is 5.97 Å². The van der Waals surface area contributed by atoms with Gasteiger partial charge in [0, 0.05) is 12.3 Å². The number of hydrogen-bond donors (Lipinski definition) is 2. The van der Waals surface area contributed by atoms with E-state index in [1.165, 1.54) is 6.07 Å². The predicted molar refractivity (Wildman–Crippen MR) is 55.8 cm³/mol. The van der Waals surface area contributed by atoms with Crippen LogP contribution in [-0.4, -0.2) is 29.6 Å². The Morgan fingerprint density at radius 1 is 1.64 bits per heavy atom. The van der Waals surface area contributed by atoms with Crippen LogP contribution in [0.2, 0.25) is 0 Å². The number of carboxylic acid groups (broad SMARTS) is 1. The number of aromatic carboxylic acids is 1. The topological polar surface area (TPSA) is 62.5 Å². The van der Waals surface area contributed by atoms with Crippen LogP contribution in [0.25, 0.3) is 0 Å². The highest BCUT2D eigenvalue weighted by atomic mass is 32.2. The maximum Gasteiger partial charge on any atom is 0.371 e. The van der Waals surface area contributed by atoms with Crippen molar-refractivity contribution in [2.75, 3.05) is 18.6 Å². The third kappa shape index (κ3) is 3.43. The molecule has 0 aliphatic heterocycles. The van der Waals surface area contributed by atoms with E-state index in [1.807, 2.05) is 6.26 Å². The van der Waals surface area contributed by atoms with E-state index in [1.54, 1.807) is 17.8 Å². The van der Waals surface area contributed by atoms with E-state index in [2.05, 4.69) is 5.32 Å². The Morgan fingerprint density at radius 2 is 2.43 bits per heavy atom. The summed E-state index contributed by atoms with van der Waals surface area (Å²) in [6.07, 6.45) is 2.04. The van der Waals surface area contributed by atoms with Gasteiger partial charge in [0.05, 0.1) is 6.54 Å². The van der Waals surface area contributed by atoms with E-state index >= 15 is 0 Å². The summed E-state index contributed by atoms with van der Waals surface area (Å²) in [4.78, 5) is 10.5. The van der Waals surface area contributed by atoms with Crippen molar-refractivity contribution in [1.82, 2.24) is 5.32 Å². The van der Waals surface area contributed by atoms with Crippen LogP contribution >= 0.6 is 11.8 Å². The van der Waals surface area contributed by atoms with E-state index in [0.29, 0.717) is 12.3 Å². The van der Waals surface area contributed by atoms with Gasteiger partial charge in [-0.25, -0.2) is 4.79 Å². The maximum absolute atomic E-state index is 10.5. The number of carboxylic acids is 1. The van der Waals surface area contributed by atoms with Crippen LogP contribution in [0, 0.1) is 0 Å². The van der Waals surface area contributed by atoms with Gasteiger partial charge < -0.3 is 14.8 Å². The summed E-state index contributed by atoms with van der Waals surface area (Å²) < 4.78 is 5.06. The first-order valence-corrected chi connectivity index (χ1v) is 5.65. The molecule has 0 amide bonds. The molecule has 2 N–H and O–H groups in total.